The monoisotopic (exact) mass is 261 g/mol. The Hall–Kier alpha value is -1.51. The first-order chi connectivity index (χ1) is 8.63. The van der Waals surface area contributed by atoms with Crippen LogP contribution < -0.4 is 4.74 Å². The number of rotatable bonds is 1. The smallest absolute Gasteiger partial charge is 0.200 e. The van der Waals surface area contributed by atoms with Crippen molar-refractivity contribution < 1.29 is 9.15 Å². The molecule has 0 aliphatic rings. The van der Waals surface area contributed by atoms with Crippen molar-refractivity contribution in [1.82, 2.24) is 4.98 Å². The summed E-state index contributed by atoms with van der Waals surface area (Å²) in [7, 11) is 1.67. The van der Waals surface area contributed by atoms with Gasteiger partial charge in [-0.25, -0.2) is 4.98 Å². The highest BCUT2D eigenvalue weighted by atomic mass is 16.5. The second-order valence-corrected chi connectivity index (χ2v) is 7.04. The number of aromatic nitrogens is 1. The van der Waals surface area contributed by atoms with Gasteiger partial charge in [-0.2, -0.15) is 0 Å². The van der Waals surface area contributed by atoms with Gasteiger partial charge in [0, 0.05) is 5.41 Å². The van der Waals surface area contributed by atoms with Crippen LogP contribution in [0.1, 0.15) is 53.0 Å². The molecule has 0 N–H and O–H groups in total. The van der Waals surface area contributed by atoms with Crippen molar-refractivity contribution in [2.24, 2.45) is 0 Å². The molecule has 2 rings (SSSR count). The molecule has 1 aromatic carbocycles. The van der Waals surface area contributed by atoms with Gasteiger partial charge in [-0.3, -0.25) is 0 Å². The lowest BCUT2D eigenvalue weighted by molar-refractivity contribution is 0.410. The molecule has 0 saturated heterocycles. The molecule has 0 aliphatic heterocycles. The number of benzene rings is 1. The number of methoxy groups -OCH3 is 1. The molecule has 2 aromatic rings. The SMILES string of the molecule is COc1cc(C(C)(C)C)cc2oc(C(C)(C)C)nc12. The van der Waals surface area contributed by atoms with Gasteiger partial charge in [-0.05, 0) is 23.1 Å². The number of hydrogen-bond acceptors (Lipinski definition) is 3. The number of nitrogens with zero attached hydrogens (tertiary/aromatic N) is 1. The van der Waals surface area contributed by atoms with Crippen molar-refractivity contribution >= 4 is 11.1 Å². The fraction of sp³-hybridized carbons (Fsp3) is 0.562. The maximum absolute atomic E-state index is 5.92. The Morgan fingerprint density at radius 2 is 1.63 bits per heavy atom. The van der Waals surface area contributed by atoms with Gasteiger partial charge >= 0.3 is 0 Å². The third kappa shape index (κ3) is 2.60. The Bertz CT molecular complexity index is 597. The highest BCUT2D eigenvalue weighted by molar-refractivity contribution is 5.81. The van der Waals surface area contributed by atoms with Gasteiger partial charge in [0.1, 0.15) is 5.75 Å². The van der Waals surface area contributed by atoms with E-state index >= 15 is 0 Å². The van der Waals surface area contributed by atoms with Gasteiger partial charge in [0.25, 0.3) is 0 Å². The molecule has 104 valence electrons. The molecule has 1 aromatic heterocycles. The van der Waals surface area contributed by atoms with Gasteiger partial charge < -0.3 is 9.15 Å². The second kappa shape index (κ2) is 4.26. The lowest BCUT2D eigenvalue weighted by atomic mass is 9.87. The summed E-state index contributed by atoms with van der Waals surface area (Å²) in [6.45, 7) is 12.8. The van der Waals surface area contributed by atoms with E-state index in [0.29, 0.717) is 0 Å². The Balaban J connectivity index is 2.70. The van der Waals surface area contributed by atoms with Crippen molar-refractivity contribution in [3.63, 3.8) is 0 Å². The molecule has 0 fully saturated rings. The van der Waals surface area contributed by atoms with Gasteiger partial charge in [0.05, 0.1) is 7.11 Å². The minimum Gasteiger partial charge on any atom is -0.494 e. The highest BCUT2D eigenvalue weighted by Gasteiger charge is 2.24. The van der Waals surface area contributed by atoms with Crippen LogP contribution >= 0.6 is 0 Å². The van der Waals surface area contributed by atoms with Gasteiger partial charge in [-0.15, -0.1) is 0 Å². The van der Waals surface area contributed by atoms with Gasteiger partial charge in [-0.1, -0.05) is 41.5 Å². The van der Waals surface area contributed by atoms with Crippen LogP contribution in [-0.2, 0) is 10.8 Å². The molecule has 0 spiro atoms. The molecule has 3 heteroatoms. The van der Waals surface area contributed by atoms with E-state index in [1.54, 1.807) is 7.11 Å². The quantitative estimate of drug-likeness (QED) is 0.761. The van der Waals surface area contributed by atoms with Crippen LogP contribution in [0.5, 0.6) is 5.75 Å². The molecular formula is C16H23NO2. The van der Waals surface area contributed by atoms with E-state index < -0.39 is 0 Å². The first-order valence-corrected chi connectivity index (χ1v) is 6.62. The van der Waals surface area contributed by atoms with E-state index in [1.807, 2.05) is 0 Å². The van der Waals surface area contributed by atoms with Crippen LogP contribution in [0.15, 0.2) is 16.5 Å². The Morgan fingerprint density at radius 3 is 2.11 bits per heavy atom. The summed E-state index contributed by atoms with van der Waals surface area (Å²) in [6, 6.07) is 4.12. The lowest BCUT2D eigenvalue weighted by Crippen LogP contribution is -2.11. The van der Waals surface area contributed by atoms with Crippen molar-refractivity contribution in [3.8, 4) is 5.75 Å². The maximum Gasteiger partial charge on any atom is 0.200 e. The normalized spacial score (nSPS) is 13.0. The summed E-state index contributed by atoms with van der Waals surface area (Å²) < 4.78 is 11.4. The van der Waals surface area contributed by atoms with Crippen LogP contribution in [0.4, 0.5) is 0 Å². The van der Waals surface area contributed by atoms with E-state index in [-0.39, 0.29) is 10.8 Å². The zero-order valence-electron chi connectivity index (χ0n) is 12.9. The molecule has 0 atom stereocenters. The summed E-state index contributed by atoms with van der Waals surface area (Å²) in [5, 5.41) is 0. The van der Waals surface area contributed by atoms with Crippen molar-refractivity contribution in [1.29, 1.82) is 0 Å². The van der Waals surface area contributed by atoms with Crippen LogP contribution in [0.2, 0.25) is 0 Å². The first-order valence-electron chi connectivity index (χ1n) is 6.62. The summed E-state index contributed by atoms with van der Waals surface area (Å²) >= 11 is 0. The number of ether oxygens (including phenoxy) is 1. The van der Waals surface area contributed by atoms with E-state index in [0.717, 1.165) is 22.7 Å². The molecule has 0 radical (unpaired) electrons. The molecule has 0 unspecified atom stereocenters. The predicted molar refractivity (Wildman–Crippen MR) is 78.0 cm³/mol. The van der Waals surface area contributed by atoms with Crippen molar-refractivity contribution in [2.45, 2.75) is 52.4 Å². The van der Waals surface area contributed by atoms with E-state index in [9.17, 15) is 0 Å². The Kier molecular flexibility index (Phi) is 3.12. The molecule has 1 heterocycles. The highest BCUT2D eigenvalue weighted by Crippen LogP contribution is 2.35. The number of oxazole rings is 1. The van der Waals surface area contributed by atoms with E-state index in [1.165, 1.54) is 5.56 Å². The maximum atomic E-state index is 5.92. The van der Waals surface area contributed by atoms with Crippen molar-refractivity contribution in [2.75, 3.05) is 7.11 Å². The fourth-order valence-corrected chi connectivity index (χ4v) is 1.91. The van der Waals surface area contributed by atoms with Gasteiger partial charge in [0.15, 0.2) is 11.1 Å². The molecule has 19 heavy (non-hydrogen) atoms. The van der Waals surface area contributed by atoms with Crippen LogP contribution in [0.25, 0.3) is 11.1 Å². The lowest BCUT2D eigenvalue weighted by Gasteiger charge is -2.19. The minimum absolute atomic E-state index is 0.0517. The second-order valence-electron chi connectivity index (χ2n) is 7.04. The summed E-state index contributed by atoms with van der Waals surface area (Å²) in [5.74, 6) is 1.52. The van der Waals surface area contributed by atoms with E-state index in [2.05, 4.69) is 58.7 Å². The Morgan fingerprint density at radius 1 is 1.00 bits per heavy atom. The van der Waals surface area contributed by atoms with Crippen molar-refractivity contribution in [3.05, 3.63) is 23.6 Å². The van der Waals surface area contributed by atoms with E-state index in [4.69, 9.17) is 9.15 Å². The minimum atomic E-state index is -0.105. The third-order valence-electron chi connectivity index (χ3n) is 3.19. The third-order valence-corrected chi connectivity index (χ3v) is 3.19. The predicted octanol–water partition coefficient (Wildman–Crippen LogP) is 4.43. The molecule has 0 saturated carbocycles. The zero-order chi connectivity index (χ0) is 14.4. The first kappa shape index (κ1) is 13.9. The van der Waals surface area contributed by atoms with Crippen LogP contribution in [0, 0.1) is 0 Å². The average Bonchev–Trinajstić information content (AvgIpc) is 2.69. The summed E-state index contributed by atoms with van der Waals surface area (Å²) in [6.07, 6.45) is 0. The summed E-state index contributed by atoms with van der Waals surface area (Å²) in [5.41, 5.74) is 2.74. The van der Waals surface area contributed by atoms with Crippen LogP contribution in [-0.4, -0.2) is 12.1 Å². The standard InChI is InChI=1S/C16H23NO2/c1-15(2,3)10-8-11(18-7)13-12(9-10)19-14(17-13)16(4,5)6/h8-9H,1-7H3. The number of hydrogen-bond donors (Lipinski definition) is 0. The van der Waals surface area contributed by atoms with Crippen LogP contribution in [0.3, 0.4) is 0 Å². The summed E-state index contributed by atoms with van der Waals surface area (Å²) in [4.78, 5) is 4.59. The topological polar surface area (TPSA) is 35.3 Å². The number of fused-ring (bicyclic) bond motifs is 1. The van der Waals surface area contributed by atoms with Gasteiger partial charge in [0.2, 0.25) is 5.89 Å². The fourth-order valence-electron chi connectivity index (χ4n) is 1.91. The molecule has 0 bridgehead atoms. The zero-order valence-corrected chi connectivity index (χ0v) is 12.9. The molecule has 0 aliphatic carbocycles. The largest absolute Gasteiger partial charge is 0.494 e. The Labute approximate surface area is 115 Å². The molecule has 3 nitrogen and oxygen atoms in total. The molecule has 0 amide bonds. The molecular weight excluding hydrogens is 238 g/mol. The average molecular weight is 261 g/mol.